The molecule has 2 aliphatic rings. The maximum Gasteiger partial charge on any atom is 0.416 e. The molecule has 0 spiro atoms. The summed E-state index contributed by atoms with van der Waals surface area (Å²) in [5, 5.41) is 9.37. The predicted molar refractivity (Wildman–Crippen MR) is 117 cm³/mol. The van der Waals surface area contributed by atoms with E-state index in [-0.39, 0.29) is 18.4 Å². The lowest BCUT2D eigenvalue weighted by Crippen LogP contribution is -2.50. The summed E-state index contributed by atoms with van der Waals surface area (Å²) in [5.74, 6) is -0.331. The van der Waals surface area contributed by atoms with Crippen LogP contribution in [0.1, 0.15) is 74.1 Å². The van der Waals surface area contributed by atoms with E-state index in [0.29, 0.717) is 18.9 Å². The lowest BCUT2D eigenvalue weighted by atomic mass is 9.75. The second-order valence-corrected chi connectivity index (χ2v) is 9.73. The van der Waals surface area contributed by atoms with Gasteiger partial charge in [-0.3, -0.25) is 9.69 Å². The molecule has 3 atom stereocenters. The normalized spacial score (nSPS) is 25.9. The Bertz CT molecular complexity index is 953. The summed E-state index contributed by atoms with van der Waals surface area (Å²) in [5.41, 5.74) is 2.23. The van der Waals surface area contributed by atoms with E-state index in [9.17, 15) is 23.1 Å². The fourth-order valence-electron chi connectivity index (χ4n) is 5.75. The van der Waals surface area contributed by atoms with E-state index < -0.39 is 23.2 Å². The predicted octanol–water partition coefficient (Wildman–Crippen LogP) is 6.57. The van der Waals surface area contributed by atoms with Gasteiger partial charge in [-0.25, -0.2) is 0 Å². The van der Waals surface area contributed by atoms with Crippen LogP contribution in [-0.2, 0) is 23.1 Å². The molecule has 2 aliphatic heterocycles. The van der Waals surface area contributed by atoms with Crippen LogP contribution in [0.25, 0.3) is 0 Å². The number of aliphatic carboxylic acids is 1. The molecule has 0 radical (unpaired) electrons. The first-order valence-electron chi connectivity index (χ1n) is 11.3. The smallest absolute Gasteiger partial charge is 0.416 e. The van der Waals surface area contributed by atoms with Gasteiger partial charge in [0.25, 0.3) is 0 Å². The van der Waals surface area contributed by atoms with Crippen LogP contribution in [0.5, 0.6) is 0 Å². The summed E-state index contributed by atoms with van der Waals surface area (Å²) >= 11 is 0. The van der Waals surface area contributed by atoms with Crippen molar-refractivity contribution in [2.45, 2.75) is 76.2 Å². The number of halogens is 3. The van der Waals surface area contributed by atoms with Crippen LogP contribution < -0.4 is 0 Å². The molecule has 3 nitrogen and oxygen atoms in total. The average Bonchev–Trinajstić information content (AvgIpc) is 2.93. The zero-order valence-electron chi connectivity index (χ0n) is 18.5. The molecule has 1 unspecified atom stereocenters. The van der Waals surface area contributed by atoms with Crippen LogP contribution in [0.2, 0.25) is 0 Å². The van der Waals surface area contributed by atoms with Crippen molar-refractivity contribution in [1.29, 1.82) is 0 Å². The SMILES string of the molecule is CC(C)c1ccc(CN2[C@H]3CC[C@@]2(c2ccc(C(F)(F)F)cc2)CC(CC(=O)O)C3)cc1. The van der Waals surface area contributed by atoms with E-state index in [1.807, 2.05) is 0 Å². The molecular formula is C26H30F3NO2. The van der Waals surface area contributed by atoms with Crippen LogP contribution in [0, 0.1) is 5.92 Å². The first-order valence-corrected chi connectivity index (χ1v) is 11.3. The van der Waals surface area contributed by atoms with Gasteiger partial charge in [-0.1, -0.05) is 50.2 Å². The van der Waals surface area contributed by atoms with Crippen molar-refractivity contribution in [2.75, 3.05) is 0 Å². The standard InChI is InChI=1S/C26H30F3NO2/c1-17(2)20-5-3-18(4-6-20)16-30-23-11-12-25(30,15-19(13-23)14-24(31)32)21-7-9-22(10-8-21)26(27,28)29/h3-10,17,19,23H,11-16H2,1-2H3,(H,31,32)/t19?,23-,25-/m0/s1. The Labute approximate surface area is 187 Å². The molecule has 4 rings (SSSR count). The van der Waals surface area contributed by atoms with Gasteiger partial charge in [-0.05, 0) is 66.3 Å². The molecule has 6 heteroatoms. The van der Waals surface area contributed by atoms with E-state index in [1.165, 1.54) is 11.1 Å². The van der Waals surface area contributed by atoms with Gasteiger partial charge in [0.2, 0.25) is 0 Å². The number of hydrogen-bond acceptors (Lipinski definition) is 2. The van der Waals surface area contributed by atoms with Gasteiger partial charge in [0.05, 0.1) is 5.56 Å². The highest BCUT2D eigenvalue weighted by atomic mass is 19.4. The molecule has 2 saturated heterocycles. The van der Waals surface area contributed by atoms with E-state index in [1.54, 1.807) is 12.1 Å². The summed E-state index contributed by atoms with van der Waals surface area (Å²) in [7, 11) is 0. The number of piperidine rings is 1. The molecule has 2 aromatic carbocycles. The molecule has 172 valence electrons. The van der Waals surface area contributed by atoms with Gasteiger partial charge in [-0.2, -0.15) is 13.2 Å². The fraction of sp³-hybridized carbons (Fsp3) is 0.500. The fourth-order valence-corrected chi connectivity index (χ4v) is 5.75. The number of carboxylic acid groups (broad SMARTS) is 1. The minimum atomic E-state index is -4.37. The van der Waals surface area contributed by atoms with Gasteiger partial charge in [0.1, 0.15) is 0 Å². The van der Waals surface area contributed by atoms with E-state index in [4.69, 9.17) is 0 Å². The minimum absolute atomic E-state index is 0.0295. The van der Waals surface area contributed by atoms with Gasteiger partial charge >= 0.3 is 12.1 Å². The molecule has 32 heavy (non-hydrogen) atoms. The Morgan fingerprint density at radius 2 is 1.78 bits per heavy atom. The van der Waals surface area contributed by atoms with E-state index >= 15 is 0 Å². The van der Waals surface area contributed by atoms with Crippen molar-refractivity contribution < 1.29 is 23.1 Å². The monoisotopic (exact) mass is 445 g/mol. The number of fused-ring (bicyclic) bond motifs is 2. The molecule has 2 fully saturated rings. The van der Waals surface area contributed by atoms with Crippen molar-refractivity contribution >= 4 is 5.97 Å². The van der Waals surface area contributed by atoms with Gasteiger partial charge < -0.3 is 5.11 Å². The molecule has 0 aliphatic carbocycles. The van der Waals surface area contributed by atoms with E-state index in [2.05, 4.69) is 43.0 Å². The third kappa shape index (κ3) is 4.42. The highest BCUT2D eigenvalue weighted by molar-refractivity contribution is 5.67. The number of alkyl halides is 3. The number of carbonyl (C=O) groups is 1. The zero-order chi connectivity index (χ0) is 23.1. The second-order valence-electron chi connectivity index (χ2n) is 9.73. The van der Waals surface area contributed by atoms with Crippen molar-refractivity contribution in [2.24, 2.45) is 5.92 Å². The van der Waals surface area contributed by atoms with Crippen LogP contribution >= 0.6 is 0 Å². The largest absolute Gasteiger partial charge is 0.481 e. The van der Waals surface area contributed by atoms with Gasteiger partial charge in [0, 0.05) is 24.5 Å². The first-order chi connectivity index (χ1) is 15.1. The second kappa shape index (κ2) is 8.54. The van der Waals surface area contributed by atoms with Gasteiger partial charge in [0.15, 0.2) is 0 Å². The summed E-state index contributed by atoms with van der Waals surface area (Å²) in [6.45, 7) is 5.02. The van der Waals surface area contributed by atoms with Crippen molar-refractivity contribution in [3.63, 3.8) is 0 Å². The molecule has 1 N–H and O–H groups in total. The van der Waals surface area contributed by atoms with Crippen molar-refractivity contribution in [3.05, 3.63) is 70.8 Å². The third-order valence-electron chi connectivity index (χ3n) is 7.33. The van der Waals surface area contributed by atoms with Gasteiger partial charge in [-0.15, -0.1) is 0 Å². The molecule has 0 aromatic heterocycles. The summed E-state index contributed by atoms with van der Waals surface area (Å²) in [6, 6.07) is 14.3. The quantitative estimate of drug-likeness (QED) is 0.546. The van der Waals surface area contributed by atoms with Crippen LogP contribution in [-0.4, -0.2) is 22.0 Å². The Balaban J connectivity index is 1.67. The number of hydrogen-bond donors (Lipinski definition) is 1. The number of nitrogens with zero attached hydrogens (tertiary/aromatic N) is 1. The third-order valence-corrected chi connectivity index (χ3v) is 7.33. The molecular weight excluding hydrogens is 415 g/mol. The lowest BCUT2D eigenvalue weighted by molar-refractivity contribution is -0.139. The van der Waals surface area contributed by atoms with Crippen molar-refractivity contribution in [1.82, 2.24) is 4.90 Å². The molecule has 0 amide bonds. The highest BCUT2D eigenvalue weighted by Crippen LogP contribution is 2.54. The Hall–Kier alpha value is -2.34. The van der Waals surface area contributed by atoms with Crippen LogP contribution in [0.3, 0.4) is 0 Å². The number of rotatable bonds is 6. The maximum absolute atomic E-state index is 13.1. The van der Waals surface area contributed by atoms with Crippen LogP contribution in [0.15, 0.2) is 48.5 Å². The Kier molecular flexibility index (Phi) is 6.10. The number of carboxylic acids is 1. The van der Waals surface area contributed by atoms with Crippen LogP contribution in [0.4, 0.5) is 13.2 Å². The first kappa shape index (κ1) is 22.8. The summed E-state index contributed by atoms with van der Waals surface area (Å²) in [4.78, 5) is 13.8. The maximum atomic E-state index is 13.1. The topological polar surface area (TPSA) is 40.5 Å². The molecule has 2 heterocycles. The highest BCUT2D eigenvalue weighted by Gasteiger charge is 2.52. The minimum Gasteiger partial charge on any atom is -0.481 e. The summed E-state index contributed by atoms with van der Waals surface area (Å²) < 4.78 is 39.4. The average molecular weight is 446 g/mol. The lowest BCUT2D eigenvalue weighted by Gasteiger charge is -2.48. The molecule has 2 aromatic rings. The molecule has 2 bridgehead atoms. The summed E-state index contributed by atoms with van der Waals surface area (Å²) in [6.07, 6.45) is -1.02. The zero-order valence-corrected chi connectivity index (χ0v) is 18.5. The number of benzene rings is 2. The Morgan fingerprint density at radius 1 is 1.12 bits per heavy atom. The molecule has 0 saturated carbocycles. The van der Waals surface area contributed by atoms with E-state index in [0.717, 1.165) is 37.0 Å². The Morgan fingerprint density at radius 3 is 2.34 bits per heavy atom. The van der Waals surface area contributed by atoms with Crippen molar-refractivity contribution in [3.8, 4) is 0 Å².